The van der Waals surface area contributed by atoms with Crippen LogP contribution in [0, 0.1) is 5.92 Å². The number of carbonyl (C=O) groups excluding carboxylic acids is 1. The van der Waals surface area contributed by atoms with Gasteiger partial charge in [0.25, 0.3) is 0 Å². The number of thioether (sulfide) groups is 1. The first-order chi connectivity index (χ1) is 10.1. The zero-order chi connectivity index (χ0) is 15.5. The van der Waals surface area contributed by atoms with Crippen molar-refractivity contribution in [3.63, 3.8) is 0 Å². The number of aryl methyl sites for hydroxylation is 1. The molecule has 0 aliphatic heterocycles. The van der Waals surface area contributed by atoms with Gasteiger partial charge in [-0.25, -0.2) is 0 Å². The lowest BCUT2D eigenvalue weighted by atomic mass is 10.0. The van der Waals surface area contributed by atoms with Gasteiger partial charge < -0.3 is 10.4 Å². The largest absolute Gasteiger partial charge is 0.481 e. The molecule has 1 amide bonds. The Morgan fingerprint density at radius 2 is 2.00 bits per heavy atom. The molecule has 0 radical (unpaired) electrons. The van der Waals surface area contributed by atoms with E-state index in [0.29, 0.717) is 12.3 Å². The van der Waals surface area contributed by atoms with E-state index < -0.39 is 5.97 Å². The second-order valence-electron chi connectivity index (χ2n) is 4.96. The highest BCUT2D eigenvalue weighted by Gasteiger charge is 2.12. The molecule has 1 rings (SSSR count). The molecular weight excluding hydrogens is 286 g/mol. The van der Waals surface area contributed by atoms with Crippen LogP contribution in [0.1, 0.15) is 25.3 Å². The zero-order valence-corrected chi connectivity index (χ0v) is 13.2. The molecule has 1 atom stereocenters. The number of hydrogen-bond acceptors (Lipinski definition) is 3. The van der Waals surface area contributed by atoms with Gasteiger partial charge in [0.2, 0.25) is 5.91 Å². The molecule has 5 heteroatoms. The van der Waals surface area contributed by atoms with Gasteiger partial charge in [-0.15, -0.1) is 0 Å². The third kappa shape index (κ3) is 8.40. The Kier molecular flexibility index (Phi) is 8.59. The van der Waals surface area contributed by atoms with E-state index in [9.17, 15) is 9.59 Å². The van der Waals surface area contributed by atoms with Crippen molar-refractivity contribution in [3.8, 4) is 0 Å². The number of benzene rings is 1. The first kappa shape index (κ1) is 17.6. The predicted molar refractivity (Wildman–Crippen MR) is 86.5 cm³/mol. The lowest BCUT2D eigenvalue weighted by molar-refractivity contribution is -0.138. The van der Waals surface area contributed by atoms with E-state index in [0.717, 1.165) is 18.6 Å². The molecule has 0 aliphatic rings. The average Bonchev–Trinajstić information content (AvgIpc) is 2.48. The highest BCUT2D eigenvalue weighted by molar-refractivity contribution is 7.99. The predicted octanol–water partition coefficient (Wildman–Crippen LogP) is 2.58. The van der Waals surface area contributed by atoms with Gasteiger partial charge in [-0.05, 0) is 23.7 Å². The molecule has 0 heterocycles. The highest BCUT2D eigenvalue weighted by Crippen LogP contribution is 2.08. The number of carboxylic acid groups (broad SMARTS) is 1. The second kappa shape index (κ2) is 10.3. The Bertz CT molecular complexity index is 436. The summed E-state index contributed by atoms with van der Waals surface area (Å²) in [6.07, 6.45) is 1.82. The highest BCUT2D eigenvalue weighted by atomic mass is 32.2. The molecule has 1 aromatic rings. The van der Waals surface area contributed by atoms with Crippen molar-refractivity contribution in [1.82, 2.24) is 5.32 Å². The van der Waals surface area contributed by atoms with Gasteiger partial charge in [-0.2, -0.15) is 11.8 Å². The molecule has 21 heavy (non-hydrogen) atoms. The van der Waals surface area contributed by atoms with Gasteiger partial charge in [0.05, 0.1) is 5.75 Å². The van der Waals surface area contributed by atoms with Gasteiger partial charge >= 0.3 is 5.97 Å². The van der Waals surface area contributed by atoms with Crippen LogP contribution in [-0.2, 0) is 16.0 Å². The molecule has 0 saturated carbocycles. The van der Waals surface area contributed by atoms with Crippen LogP contribution in [0.4, 0.5) is 0 Å². The number of hydrogen-bond donors (Lipinski definition) is 2. The van der Waals surface area contributed by atoms with Crippen LogP contribution in [0.2, 0.25) is 0 Å². The van der Waals surface area contributed by atoms with Gasteiger partial charge in [-0.3, -0.25) is 9.59 Å². The van der Waals surface area contributed by atoms with Crippen LogP contribution >= 0.6 is 11.8 Å². The second-order valence-corrected chi connectivity index (χ2v) is 6.07. The van der Waals surface area contributed by atoms with E-state index in [1.54, 1.807) is 11.8 Å². The molecule has 2 N–H and O–H groups in total. The summed E-state index contributed by atoms with van der Waals surface area (Å²) in [5.41, 5.74) is 1.28. The smallest absolute Gasteiger partial charge is 0.303 e. The van der Waals surface area contributed by atoms with Crippen LogP contribution < -0.4 is 5.32 Å². The average molecular weight is 309 g/mol. The van der Waals surface area contributed by atoms with Crippen LogP contribution in [0.25, 0.3) is 0 Å². The van der Waals surface area contributed by atoms with Crippen LogP contribution in [0.5, 0.6) is 0 Å². The van der Waals surface area contributed by atoms with E-state index in [1.807, 2.05) is 25.1 Å². The number of nitrogens with one attached hydrogen (secondary N) is 1. The third-order valence-electron chi connectivity index (χ3n) is 3.24. The SMILES string of the molecule is CCC(CNC(=O)CSCCc1ccccc1)CC(=O)O. The number of aliphatic carboxylic acids is 1. The summed E-state index contributed by atoms with van der Waals surface area (Å²) in [6.45, 7) is 2.38. The molecule has 1 aromatic carbocycles. The molecule has 0 bridgehead atoms. The Morgan fingerprint density at radius 3 is 2.62 bits per heavy atom. The molecule has 4 nitrogen and oxygen atoms in total. The summed E-state index contributed by atoms with van der Waals surface area (Å²) in [5.74, 6) is 0.520. The van der Waals surface area contributed by atoms with Gasteiger partial charge in [0, 0.05) is 13.0 Å². The molecule has 0 aliphatic carbocycles. The third-order valence-corrected chi connectivity index (χ3v) is 4.20. The summed E-state index contributed by atoms with van der Waals surface area (Å²) < 4.78 is 0. The molecule has 0 spiro atoms. The lowest BCUT2D eigenvalue weighted by Gasteiger charge is -2.13. The molecule has 116 valence electrons. The first-order valence-corrected chi connectivity index (χ1v) is 8.37. The summed E-state index contributed by atoms with van der Waals surface area (Å²) in [4.78, 5) is 22.3. The first-order valence-electron chi connectivity index (χ1n) is 7.22. The van der Waals surface area contributed by atoms with Gasteiger partial charge in [-0.1, -0.05) is 43.7 Å². The Labute approximate surface area is 130 Å². The van der Waals surface area contributed by atoms with E-state index in [-0.39, 0.29) is 18.2 Å². The molecule has 1 unspecified atom stereocenters. The lowest BCUT2D eigenvalue weighted by Crippen LogP contribution is -2.31. The Morgan fingerprint density at radius 1 is 1.29 bits per heavy atom. The maximum absolute atomic E-state index is 11.7. The number of rotatable bonds is 10. The summed E-state index contributed by atoms with van der Waals surface area (Å²) in [6, 6.07) is 10.2. The topological polar surface area (TPSA) is 66.4 Å². The van der Waals surface area contributed by atoms with Crippen molar-refractivity contribution in [1.29, 1.82) is 0 Å². The molecule has 0 fully saturated rings. The van der Waals surface area contributed by atoms with Crippen molar-refractivity contribution >= 4 is 23.6 Å². The minimum atomic E-state index is -0.812. The van der Waals surface area contributed by atoms with Gasteiger partial charge in [0.1, 0.15) is 0 Å². The Balaban J connectivity index is 2.12. The minimum absolute atomic E-state index is 0.0146. The summed E-state index contributed by atoms with van der Waals surface area (Å²) in [5, 5.41) is 11.6. The van der Waals surface area contributed by atoms with Crippen LogP contribution in [0.15, 0.2) is 30.3 Å². The van der Waals surface area contributed by atoms with Crippen molar-refractivity contribution in [2.24, 2.45) is 5.92 Å². The van der Waals surface area contributed by atoms with E-state index in [1.165, 1.54) is 5.56 Å². The maximum Gasteiger partial charge on any atom is 0.303 e. The van der Waals surface area contributed by atoms with Gasteiger partial charge in [0.15, 0.2) is 0 Å². The van der Waals surface area contributed by atoms with Crippen LogP contribution in [0.3, 0.4) is 0 Å². The van der Waals surface area contributed by atoms with Crippen molar-refractivity contribution < 1.29 is 14.7 Å². The summed E-state index contributed by atoms with van der Waals surface area (Å²) >= 11 is 1.60. The fourth-order valence-corrected chi connectivity index (χ4v) is 2.73. The molecule has 0 saturated heterocycles. The van der Waals surface area contributed by atoms with E-state index in [2.05, 4.69) is 17.4 Å². The van der Waals surface area contributed by atoms with E-state index in [4.69, 9.17) is 5.11 Å². The fraction of sp³-hybridized carbons (Fsp3) is 0.500. The Hall–Kier alpha value is -1.49. The number of carboxylic acids is 1. The standard InChI is InChI=1S/C16H23NO3S/c1-2-13(10-16(19)20)11-17-15(18)12-21-9-8-14-6-4-3-5-7-14/h3-7,13H,2,8-12H2,1H3,(H,17,18)(H,19,20). The fourth-order valence-electron chi connectivity index (χ4n) is 1.92. The number of carbonyl (C=O) groups is 2. The number of amides is 1. The molecule has 0 aromatic heterocycles. The van der Waals surface area contributed by atoms with E-state index >= 15 is 0 Å². The summed E-state index contributed by atoms with van der Waals surface area (Å²) in [7, 11) is 0. The van der Waals surface area contributed by atoms with Crippen molar-refractivity contribution in [2.45, 2.75) is 26.2 Å². The van der Waals surface area contributed by atoms with Crippen molar-refractivity contribution in [2.75, 3.05) is 18.1 Å². The van der Waals surface area contributed by atoms with Crippen molar-refractivity contribution in [3.05, 3.63) is 35.9 Å². The maximum atomic E-state index is 11.7. The normalized spacial score (nSPS) is 11.9. The minimum Gasteiger partial charge on any atom is -0.481 e. The monoisotopic (exact) mass is 309 g/mol. The quantitative estimate of drug-likeness (QED) is 0.652. The molecular formula is C16H23NO3S. The zero-order valence-electron chi connectivity index (χ0n) is 12.4. The van der Waals surface area contributed by atoms with Crippen LogP contribution in [-0.4, -0.2) is 35.0 Å².